The van der Waals surface area contributed by atoms with Crippen molar-refractivity contribution in [2.45, 2.75) is 13.5 Å². The molecule has 0 unspecified atom stereocenters. The lowest BCUT2D eigenvalue weighted by molar-refractivity contribution is 0.282. The Labute approximate surface area is 92.5 Å². The average Bonchev–Trinajstić information content (AvgIpc) is 2.27. The van der Waals surface area contributed by atoms with Gasteiger partial charge < -0.3 is 9.84 Å². The van der Waals surface area contributed by atoms with Crippen LogP contribution in [0.15, 0.2) is 18.2 Å². The highest BCUT2D eigenvalue weighted by Gasteiger charge is 2.10. The van der Waals surface area contributed by atoms with Crippen LogP contribution in [0, 0.1) is 12.7 Å². The first kappa shape index (κ1) is 10.8. The summed E-state index contributed by atoms with van der Waals surface area (Å²) in [7, 11) is 1.53. The fraction of sp³-hybridized carbons (Fsp3) is 0.250. The van der Waals surface area contributed by atoms with Gasteiger partial charge in [0.2, 0.25) is 0 Å². The summed E-state index contributed by atoms with van der Waals surface area (Å²) in [6, 6.07) is 4.39. The van der Waals surface area contributed by atoms with E-state index in [0.29, 0.717) is 22.2 Å². The van der Waals surface area contributed by atoms with Crippen LogP contribution in [0.5, 0.6) is 5.75 Å². The standard InChI is InChI=1S/C12H12FNO2/c1-7-3-11(16-2)10-5-9(13)4-8(6-15)12(10)14-7/h3-5,15H,6H2,1-2H3. The molecular formula is C12H12FNO2. The summed E-state index contributed by atoms with van der Waals surface area (Å²) in [5.74, 6) is 0.164. The van der Waals surface area contributed by atoms with E-state index in [4.69, 9.17) is 9.84 Å². The largest absolute Gasteiger partial charge is 0.496 e. The molecular weight excluding hydrogens is 209 g/mol. The molecule has 2 aromatic rings. The van der Waals surface area contributed by atoms with Gasteiger partial charge in [0.15, 0.2) is 0 Å². The van der Waals surface area contributed by atoms with Crippen LogP contribution in [-0.4, -0.2) is 17.2 Å². The second-order valence-electron chi connectivity index (χ2n) is 3.59. The number of aliphatic hydroxyl groups excluding tert-OH is 1. The molecule has 2 rings (SSSR count). The monoisotopic (exact) mass is 221 g/mol. The van der Waals surface area contributed by atoms with Gasteiger partial charge in [-0.25, -0.2) is 4.39 Å². The molecule has 3 nitrogen and oxygen atoms in total. The Kier molecular flexibility index (Phi) is 2.75. The molecule has 16 heavy (non-hydrogen) atoms. The molecule has 1 N–H and O–H groups in total. The minimum atomic E-state index is -0.402. The zero-order chi connectivity index (χ0) is 11.7. The number of halogens is 1. The number of rotatable bonds is 2. The topological polar surface area (TPSA) is 42.4 Å². The smallest absolute Gasteiger partial charge is 0.130 e. The number of hydrogen-bond donors (Lipinski definition) is 1. The summed E-state index contributed by atoms with van der Waals surface area (Å²) in [6.07, 6.45) is 0. The van der Waals surface area contributed by atoms with Gasteiger partial charge in [-0.2, -0.15) is 0 Å². The van der Waals surface area contributed by atoms with Gasteiger partial charge in [0.25, 0.3) is 0 Å². The van der Waals surface area contributed by atoms with E-state index in [0.717, 1.165) is 5.69 Å². The number of benzene rings is 1. The van der Waals surface area contributed by atoms with Gasteiger partial charge >= 0.3 is 0 Å². The van der Waals surface area contributed by atoms with E-state index in [2.05, 4.69) is 4.98 Å². The molecule has 1 aromatic heterocycles. The van der Waals surface area contributed by atoms with Crippen molar-refractivity contribution in [3.63, 3.8) is 0 Å². The summed E-state index contributed by atoms with van der Waals surface area (Å²) >= 11 is 0. The predicted octanol–water partition coefficient (Wildman–Crippen LogP) is 2.18. The summed E-state index contributed by atoms with van der Waals surface area (Å²) in [5, 5.41) is 9.75. The minimum absolute atomic E-state index is 0.242. The third-order valence-electron chi connectivity index (χ3n) is 2.44. The highest BCUT2D eigenvalue weighted by Crippen LogP contribution is 2.28. The fourth-order valence-corrected chi connectivity index (χ4v) is 1.74. The SMILES string of the molecule is COc1cc(C)nc2c(CO)cc(F)cc12. The molecule has 4 heteroatoms. The number of ether oxygens (including phenoxy) is 1. The quantitative estimate of drug-likeness (QED) is 0.845. The number of pyridine rings is 1. The maximum Gasteiger partial charge on any atom is 0.130 e. The third kappa shape index (κ3) is 1.72. The Hall–Kier alpha value is -1.68. The van der Waals surface area contributed by atoms with E-state index in [9.17, 15) is 4.39 Å². The molecule has 0 spiro atoms. The van der Waals surface area contributed by atoms with Crippen LogP contribution < -0.4 is 4.74 Å². The van der Waals surface area contributed by atoms with Crippen molar-refractivity contribution in [2.24, 2.45) is 0 Å². The van der Waals surface area contributed by atoms with Gasteiger partial charge in [-0.05, 0) is 19.1 Å². The summed E-state index contributed by atoms with van der Waals surface area (Å²) in [5.41, 5.74) is 1.82. The number of methoxy groups -OCH3 is 1. The first-order chi connectivity index (χ1) is 7.65. The van der Waals surface area contributed by atoms with E-state index in [-0.39, 0.29) is 6.61 Å². The molecule has 0 fully saturated rings. The third-order valence-corrected chi connectivity index (χ3v) is 2.44. The van der Waals surface area contributed by atoms with Gasteiger partial charge in [-0.1, -0.05) is 0 Å². The minimum Gasteiger partial charge on any atom is -0.496 e. The first-order valence-corrected chi connectivity index (χ1v) is 4.90. The maximum absolute atomic E-state index is 13.3. The van der Waals surface area contributed by atoms with E-state index >= 15 is 0 Å². The molecule has 0 aliphatic rings. The molecule has 0 radical (unpaired) electrons. The maximum atomic E-state index is 13.3. The van der Waals surface area contributed by atoms with Crippen molar-refractivity contribution < 1.29 is 14.2 Å². The van der Waals surface area contributed by atoms with Crippen molar-refractivity contribution in [3.05, 3.63) is 35.3 Å². The number of aromatic nitrogens is 1. The van der Waals surface area contributed by atoms with Crippen LogP contribution in [0.4, 0.5) is 4.39 Å². The average molecular weight is 221 g/mol. The second kappa shape index (κ2) is 4.06. The van der Waals surface area contributed by atoms with Crippen LogP contribution in [-0.2, 0) is 6.61 Å². The van der Waals surface area contributed by atoms with E-state index in [1.165, 1.54) is 19.2 Å². The number of fused-ring (bicyclic) bond motifs is 1. The molecule has 0 aliphatic heterocycles. The molecule has 1 heterocycles. The van der Waals surface area contributed by atoms with Crippen LogP contribution in [0.3, 0.4) is 0 Å². The van der Waals surface area contributed by atoms with Crippen LogP contribution in [0.1, 0.15) is 11.3 Å². The van der Waals surface area contributed by atoms with Crippen molar-refractivity contribution >= 4 is 10.9 Å². The van der Waals surface area contributed by atoms with Crippen LogP contribution >= 0.6 is 0 Å². The predicted molar refractivity (Wildman–Crippen MR) is 58.9 cm³/mol. The van der Waals surface area contributed by atoms with Gasteiger partial charge in [-0.3, -0.25) is 4.98 Å². The molecule has 84 valence electrons. The molecule has 0 bridgehead atoms. The van der Waals surface area contributed by atoms with Crippen LogP contribution in [0.25, 0.3) is 10.9 Å². The van der Waals surface area contributed by atoms with E-state index in [1.54, 1.807) is 6.07 Å². The van der Waals surface area contributed by atoms with Crippen LogP contribution in [0.2, 0.25) is 0 Å². The Morgan fingerprint density at radius 2 is 2.12 bits per heavy atom. The highest BCUT2D eigenvalue weighted by molar-refractivity contribution is 5.87. The Bertz CT molecular complexity index is 491. The van der Waals surface area contributed by atoms with Crippen molar-refractivity contribution in [1.29, 1.82) is 0 Å². The lowest BCUT2D eigenvalue weighted by Gasteiger charge is -2.09. The molecule has 0 amide bonds. The second-order valence-corrected chi connectivity index (χ2v) is 3.59. The number of nitrogens with zero attached hydrogens (tertiary/aromatic N) is 1. The van der Waals surface area contributed by atoms with Crippen molar-refractivity contribution in [3.8, 4) is 5.75 Å². The molecule has 0 saturated heterocycles. The number of hydrogen-bond acceptors (Lipinski definition) is 3. The number of aliphatic hydroxyl groups is 1. The fourth-order valence-electron chi connectivity index (χ4n) is 1.74. The lowest BCUT2D eigenvalue weighted by atomic mass is 10.1. The zero-order valence-corrected chi connectivity index (χ0v) is 9.12. The van der Waals surface area contributed by atoms with Crippen molar-refractivity contribution in [2.75, 3.05) is 7.11 Å². The van der Waals surface area contributed by atoms with E-state index in [1.807, 2.05) is 6.92 Å². The Balaban J connectivity index is 2.87. The summed E-state index contributed by atoms with van der Waals surface area (Å²) < 4.78 is 18.5. The highest BCUT2D eigenvalue weighted by atomic mass is 19.1. The summed E-state index contributed by atoms with van der Waals surface area (Å²) in [6.45, 7) is 1.58. The van der Waals surface area contributed by atoms with E-state index < -0.39 is 5.82 Å². The normalized spacial score (nSPS) is 10.8. The first-order valence-electron chi connectivity index (χ1n) is 4.90. The molecule has 1 aromatic carbocycles. The molecule has 0 saturated carbocycles. The zero-order valence-electron chi connectivity index (χ0n) is 9.12. The molecule has 0 atom stereocenters. The van der Waals surface area contributed by atoms with Gasteiger partial charge in [0, 0.05) is 22.7 Å². The van der Waals surface area contributed by atoms with Gasteiger partial charge in [0.1, 0.15) is 11.6 Å². The molecule has 0 aliphatic carbocycles. The van der Waals surface area contributed by atoms with Gasteiger partial charge in [0.05, 0.1) is 19.2 Å². The summed E-state index contributed by atoms with van der Waals surface area (Å²) in [4.78, 5) is 4.29. The lowest BCUT2D eigenvalue weighted by Crippen LogP contribution is -1.96. The Morgan fingerprint density at radius 3 is 2.75 bits per heavy atom. The van der Waals surface area contributed by atoms with Gasteiger partial charge in [-0.15, -0.1) is 0 Å². The number of aryl methyl sites for hydroxylation is 1. The Morgan fingerprint density at radius 1 is 1.38 bits per heavy atom. The van der Waals surface area contributed by atoms with Crippen molar-refractivity contribution in [1.82, 2.24) is 4.98 Å².